The number of benzene rings is 1. The molecule has 11 heteroatoms. The summed E-state index contributed by atoms with van der Waals surface area (Å²) in [5, 5.41) is 0. The summed E-state index contributed by atoms with van der Waals surface area (Å²) in [4.78, 5) is 63.4. The van der Waals surface area contributed by atoms with E-state index in [1.54, 1.807) is 30.3 Å². The van der Waals surface area contributed by atoms with Crippen molar-refractivity contribution in [3.05, 3.63) is 35.9 Å². The number of carbonyl (C=O) groups is 5. The third-order valence-electron chi connectivity index (χ3n) is 8.75. The van der Waals surface area contributed by atoms with Gasteiger partial charge in [-0.2, -0.15) is 0 Å². The van der Waals surface area contributed by atoms with Crippen molar-refractivity contribution < 1.29 is 52.4 Å². The van der Waals surface area contributed by atoms with Crippen LogP contribution in [0.1, 0.15) is 71.7 Å². The van der Waals surface area contributed by atoms with Gasteiger partial charge in [0.25, 0.3) is 0 Å². The maximum atomic E-state index is 13.7. The molecule has 2 saturated carbocycles. The second kappa shape index (κ2) is 11.1. The van der Waals surface area contributed by atoms with Crippen LogP contribution in [0.25, 0.3) is 0 Å². The molecule has 0 aromatic heterocycles. The monoisotopic (exact) mass is 574 g/mol. The highest BCUT2D eigenvalue weighted by Gasteiger charge is 2.81. The highest BCUT2D eigenvalue weighted by Crippen LogP contribution is 2.68. The van der Waals surface area contributed by atoms with E-state index in [0.717, 1.165) is 0 Å². The number of rotatable bonds is 7. The first-order chi connectivity index (χ1) is 19.1. The Labute approximate surface area is 239 Å². The van der Waals surface area contributed by atoms with Crippen LogP contribution in [0.3, 0.4) is 0 Å². The zero-order valence-electron chi connectivity index (χ0n) is 24.5. The Morgan fingerprint density at radius 2 is 1.44 bits per heavy atom. The quantitative estimate of drug-likeness (QED) is 0.350. The lowest BCUT2D eigenvalue weighted by atomic mass is 9.48. The number of hydrogen-bond donors (Lipinski definition) is 0. The molecule has 4 rings (SSSR count). The second-order valence-corrected chi connectivity index (χ2v) is 11.8. The fourth-order valence-corrected chi connectivity index (χ4v) is 7.31. The van der Waals surface area contributed by atoms with Crippen molar-refractivity contribution in [2.75, 3.05) is 6.61 Å². The van der Waals surface area contributed by atoms with E-state index in [2.05, 4.69) is 0 Å². The average molecular weight is 575 g/mol. The average Bonchev–Trinajstić information content (AvgIpc) is 3.13. The predicted octanol–water partition coefficient (Wildman–Crippen LogP) is 3.16. The first-order valence-electron chi connectivity index (χ1n) is 13.8. The SMILES string of the molecule is CC(=O)OC[C@@]12[C@H](OC(=O)c3ccccc3)[C@H](OC(C)=O)[C@H]3C[C@@]1(OC3(C)C)[C@@H](C)C[C@@H](OC(C)=O)[C@H]2OC(C)=O. The summed E-state index contributed by atoms with van der Waals surface area (Å²) in [6.07, 6.45) is -4.15. The summed E-state index contributed by atoms with van der Waals surface area (Å²) in [6.45, 7) is 10.1. The smallest absolute Gasteiger partial charge is 0.338 e. The van der Waals surface area contributed by atoms with Gasteiger partial charge in [0.2, 0.25) is 0 Å². The molecule has 0 radical (unpaired) electrons. The van der Waals surface area contributed by atoms with E-state index in [4.69, 9.17) is 28.4 Å². The maximum absolute atomic E-state index is 13.7. The Kier molecular flexibility index (Phi) is 8.23. The van der Waals surface area contributed by atoms with Crippen molar-refractivity contribution in [2.45, 2.75) is 96.9 Å². The first-order valence-corrected chi connectivity index (χ1v) is 13.8. The van der Waals surface area contributed by atoms with E-state index >= 15 is 0 Å². The topological polar surface area (TPSA) is 141 Å². The first kappa shape index (κ1) is 30.5. The van der Waals surface area contributed by atoms with Crippen molar-refractivity contribution >= 4 is 29.8 Å². The van der Waals surface area contributed by atoms with Crippen LogP contribution in [0.5, 0.6) is 0 Å². The van der Waals surface area contributed by atoms with Gasteiger partial charge in [-0.3, -0.25) is 19.2 Å². The lowest BCUT2D eigenvalue weighted by Gasteiger charge is -2.62. The minimum Gasteiger partial charge on any atom is -0.465 e. The Hall–Kier alpha value is -3.47. The summed E-state index contributed by atoms with van der Waals surface area (Å²) in [5.74, 6) is -4.13. The molecule has 3 fully saturated rings. The second-order valence-electron chi connectivity index (χ2n) is 11.8. The molecule has 1 spiro atoms. The summed E-state index contributed by atoms with van der Waals surface area (Å²) >= 11 is 0. The molecule has 41 heavy (non-hydrogen) atoms. The fourth-order valence-electron chi connectivity index (χ4n) is 7.31. The van der Waals surface area contributed by atoms with Crippen molar-refractivity contribution in [3.63, 3.8) is 0 Å². The minimum atomic E-state index is -1.64. The summed E-state index contributed by atoms with van der Waals surface area (Å²) in [5.41, 5.74) is -3.52. The third-order valence-corrected chi connectivity index (χ3v) is 8.75. The zero-order chi connectivity index (χ0) is 30.3. The third kappa shape index (κ3) is 5.31. The number of esters is 5. The highest BCUT2D eigenvalue weighted by atomic mass is 16.6. The summed E-state index contributed by atoms with van der Waals surface area (Å²) in [7, 11) is 0. The molecule has 1 saturated heterocycles. The van der Waals surface area contributed by atoms with E-state index in [9.17, 15) is 24.0 Å². The maximum Gasteiger partial charge on any atom is 0.338 e. The van der Waals surface area contributed by atoms with Crippen LogP contribution in [0.4, 0.5) is 0 Å². The molecule has 3 aliphatic rings. The van der Waals surface area contributed by atoms with Gasteiger partial charge in [-0.25, -0.2) is 4.79 Å². The Bertz CT molecular complexity index is 1210. The Morgan fingerprint density at radius 1 is 0.829 bits per heavy atom. The lowest BCUT2D eigenvalue weighted by molar-refractivity contribution is -0.307. The molecular weight excluding hydrogens is 536 g/mol. The lowest BCUT2D eigenvalue weighted by Crippen LogP contribution is -2.77. The van der Waals surface area contributed by atoms with Crippen LogP contribution in [-0.2, 0) is 47.6 Å². The zero-order valence-corrected chi connectivity index (χ0v) is 24.5. The molecule has 2 aliphatic carbocycles. The van der Waals surface area contributed by atoms with E-state index in [1.165, 1.54) is 27.7 Å². The van der Waals surface area contributed by atoms with Crippen LogP contribution in [0, 0.1) is 17.3 Å². The normalized spacial score (nSPS) is 34.9. The van der Waals surface area contributed by atoms with Crippen LogP contribution in [0.15, 0.2) is 30.3 Å². The van der Waals surface area contributed by atoms with E-state index in [1.807, 2.05) is 20.8 Å². The van der Waals surface area contributed by atoms with Crippen molar-refractivity contribution in [1.29, 1.82) is 0 Å². The standard InChI is InChI=1S/C30H38O11/c1-16-13-23(37-18(3)32)25(39-20(5)34)29(15-36-17(2)31)26(40-27(35)21-11-9-8-10-12-21)24(38-19(4)33)22-14-30(16,29)41-28(22,6)7/h8-12,16,22-26H,13-15H2,1-7H3/t16-,22+,23+,24+,25+,26+,29+,30+/m0/s1. The van der Waals surface area contributed by atoms with Gasteiger partial charge in [-0.1, -0.05) is 25.1 Å². The van der Waals surface area contributed by atoms with Gasteiger partial charge in [-0.05, 0) is 44.7 Å². The number of carbonyl (C=O) groups excluding carboxylic acids is 5. The van der Waals surface area contributed by atoms with Crippen molar-refractivity contribution in [2.24, 2.45) is 17.3 Å². The van der Waals surface area contributed by atoms with Crippen molar-refractivity contribution in [1.82, 2.24) is 0 Å². The van der Waals surface area contributed by atoms with E-state index in [-0.39, 0.29) is 17.9 Å². The Morgan fingerprint density at radius 3 is 2.00 bits per heavy atom. The molecular formula is C30H38O11. The van der Waals surface area contributed by atoms with Gasteiger partial charge in [0.1, 0.15) is 24.2 Å². The number of ether oxygens (including phenoxy) is 6. The molecule has 224 valence electrons. The van der Waals surface area contributed by atoms with Gasteiger partial charge in [0.05, 0.1) is 16.8 Å². The van der Waals surface area contributed by atoms with Crippen LogP contribution in [-0.4, -0.2) is 72.1 Å². The molecule has 2 bridgehead atoms. The van der Waals surface area contributed by atoms with Gasteiger partial charge in [0.15, 0.2) is 12.2 Å². The van der Waals surface area contributed by atoms with E-state index < -0.39 is 83.4 Å². The number of hydrogen-bond acceptors (Lipinski definition) is 11. The van der Waals surface area contributed by atoms with E-state index in [0.29, 0.717) is 6.42 Å². The van der Waals surface area contributed by atoms with Gasteiger partial charge < -0.3 is 28.4 Å². The van der Waals surface area contributed by atoms with Crippen LogP contribution in [0.2, 0.25) is 0 Å². The van der Waals surface area contributed by atoms with Crippen LogP contribution >= 0.6 is 0 Å². The molecule has 8 atom stereocenters. The number of fused-ring (bicyclic) bond motifs is 1. The van der Waals surface area contributed by atoms with Gasteiger partial charge >= 0.3 is 29.8 Å². The van der Waals surface area contributed by atoms with Gasteiger partial charge in [0, 0.05) is 33.6 Å². The Balaban J connectivity index is 2.02. The summed E-state index contributed by atoms with van der Waals surface area (Å²) in [6, 6.07) is 8.24. The molecule has 1 aromatic rings. The molecule has 0 N–H and O–H groups in total. The molecule has 0 amide bonds. The molecule has 11 nitrogen and oxygen atoms in total. The molecule has 0 unspecified atom stereocenters. The largest absolute Gasteiger partial charge is 0.465 e. The summed E-state index contributed by atoms with van der Waals surface area (Å²) < 4.78 is 36.3. The van der Waals surface area contributed by atoms with Crippen LogP contribution < -0.4 is 0 Å². The molecule has 1 aromatic carbocycles. The fraction of sp³-hybridized carbons (Fsp3) is 0.633. The van der Waals surface area contributed by atoms with Crippen molar-refractivity contribution in [3.8, 4) is 0 Å². The predicted molar refractivity (Wildman–Crippen MR) is 141 cm³/mol. The molecule has 1 heterocycles. The molecule has 1 aliphatic heterocycles. The minimum absolute atomic E-state index is 0.230. The van der Waals surface area contributed by atoms with Gasteiger partial charge in [-0.15, -0.1) is 0 Å². The highest BCUT2D eigenvalue weighted by molar-refractivity contribution is 5.89.